The second kappa shape index (κ2) is 2.97. The van der Waals surface area contributed by atoms with Gasteiger partial charge in [-0.25, -0.2) is 0 Å². The van der Waals surface area contributed by atoms with Crippen LogP contribution in [-0.4, -0.2) is 20.7 Å². The van der Waals surface area contributed by atoms with E-state index in [9.17, 15) is 10.1 Å². The number of aryl methyl sites for hydroxylation is 1. The van der Waals surface area contributed by atoms with E-state index in [1.165, 1.54) is 10.9 Å². The normalized spacial score (nSPS) is 24.7. The van der Waals surface area contributed by atoms with E-state index in [0.717, 1.165) is 6.42 Å². The summed E-state index contributed by atoms with van der Waals surface area (Å²) in [6.07, 6.45) is 2.58. The third kappa shape index (κ3) is 1.43. The molecule has 76 valence electrons. The van der Waals surface area contributed by atoms with Crippen molar-refractivity contribution in [2.45, 2.75) is 19.4 Å². The molecule has 0 aliphatic heterocycles. The van der Waals surface area contributed by atoms with Crippen LogP contribution in [0.15, 0.2) is 6.20 Å². The highest BCUT2D eigenvalue weighted by molar-refractivity contribution is 5.57. The lowest BCUT2D eigenvalue weighted by Crippen LogP contribution is -2.06. The minimum atomic E-state index is -0.414. The molecule has 1 heterocycles. The first-order valence-corrected chi connectivity index (χ1v) is 4.52. The van der Waals surface area contributed by atoms with Crippen LogP contribution < -0.4 is 5.32 Å². The average Bonchev–Trinajstić information content (AvgIpc) is 2.62. The van der Waals surface area contributed by atoms with Crippen molar-refractivity contribution < 1.29 is 4.92 Å². The van der Waals surface area contributed by atoms with Crippen molar-refractivity contribution >= 4 is 11.5 Å². The third-order valence-corrected chi connectivity index (χ3v) is 2.53. The average molecular weight is 196 g/mol. The molecule has 1 saturated carbocycles. The van der Waals surface area contributed by atoms with Gasteiger partial charge in [-0.15, -0.1) is 4.68 Å². The summed E-state index contributed by atoms with van der Waals surface area (Å²) in [4.78, 5) is 10.3. The molecule has 2 atom stereocenters. The predicted octanol–water partition coefficient (Wildman–Crippen LogP) is 1.15. The molecular formula is C8H12N4O2. The van der Waals surface area contributed by atoms with Gasteiger partial charge in [0.15, 0.2) is 5.69 Å². The third-order valence-electron chi connectivity index (χ3n) is 2.53. The first-order valence-electron chi connectivity index (χ1n) is 4.52. The van der Waals surface area contributed by atoms with Crippen molar-refractivity contribution in [1.82, 2.24) is 9.78 Å². The summed E-state index contributed by atoms with van der Waals surface area (Å²) in [6, 6.07) is 0.373. The fraction of sp³-hybridized carbons (Fsp3) is 0.625. The second-order valence-corrected chi connectivity index (χ2v) is 3.73. The van der Waals surface area contributed by atoms with Crippen molar-refractivity contribution in [3.63, 3.8) is 0 Å². The zero-order chi connectivity index (χ0) is 10.3. The molecule has 14 heavy (non-hydrogen) atoms. The maximum Gasteiger partial charge on any atom is 0.368 e. The van der Waals surface area contributed by atoms with Crippen LogP contribution in [0.5, 0.6) is 0 Å². The van der Waals surface area contributed by atoms with Crippen molar-refractivity contribution in [3.05, 3.63) is 16.3 Å². The van der Waals surface area contributed by atoms with Gasteiger partial charge in [-0.05, 0) is 17.3 Å². The number of nitrogens with one attached hydrogen (secondary N) is 1. The molecule has 1 aliphatic carbocycles. The molecule has 1 N–H and O–H groups in total. The molecule has 2 unspecified atom stereocenters. The number of aromatic nitrogens is 2. The van der Waals surface area contributed by atoms with Crippen molar-refractivity contribution in [3.8, 4) is 0 Å². The molecule has 0 radical (unpaired) electrons. The maximum atomic E-state index is 10.7. The summed E-state index contributed by atoms with van der Waals surface area (Å²) in [7, 11) is 1.57. The fourth-order valence-electron chi connectivity index (χ4n) is 1.47. The largest absolute Gasteiger partial charge is 0.374 e. The van der Waals surface area contributed by atoms with E-state index < -0.39 is 4.92 Å². The number of rotatable bonds is 3. The van der Waals surface area contributed by atoms with Gasteiger partial charge >= 0.3 is 5.82 Å². The molecule has 1 aromatic rings. The Morgan fingerprint density at radius 2 is 2.43 bits per heavy atom. The molecule has 6 heteroatoms. The summed E-state index contributed by atoms with van der Waals surface area (Å²) < 4.78 is 1.27. The molecule has 1 aliphatic rings. The minimum absolute atomic E-state index is 0.0316. The van der Waals surface area contributed by atoms with Crippen molar-refractivity contribution in [2.75, 3.05) is 5.32 Å². The Labute approximate surface area is 81.1 Å². The smallest absolute Gasteiger partial charge is 0.368 e. The molecule has 1 aromatic heterocycles. The lowest BCUT2D eigenvalue weighted by molar-refractivity contribution is -0.391. The SMILES string of the molecule is CC1CC1Nc1cnn(C)c1[N+](=O)[O-]. The number of hydrogen-bond donors (Lipinski definition) is 1. The monoisotopic (exact) mass is 196 g/mol. The Morgan fingerprint density at radius 3 is 2.93 bits per heavy atom. The van der Waals surface area contributed by atoms with E-state index in [0.29, 0.717) is 17.6 Å². The number of nitrogens with zero attached hydrogens (tertiary/aromatic N) is 3. The van der Waals surface area contributed by atoms with E-state index in [4.69, 9.17) is 0 Å². The summed E-state index contributed by atoms with van der Waals surface area (Å²) in [5.41, 5.74) is 0.520. The molecular weight excluding hydrogens is 184 g/mol. The van der Waals surface area contributed by atoms with Gasteiger partial charge in [-0.3, -0.25) is 0 Å². The van der Waals surface area contributed by atoms with E-state index in [1.807, 2.05) is 0 Å². The van der Waals surface area contributed by atoms with Crippen LogP contribution >= 0.6 is 0 Å². The Bertz CT molecular complexity index is 373. The lowest BCUT2D eigenvalue weighted by Gasteiger charge is -2.01. The van der Waals surface area contributed by atoms with Crippen LogP contribution in [0.1, 0.15) is 13.3 Å². The van der Waals surface area contributed by atoms with E-state index >= 15 is 0 Å². The van der Waals surface area contributed by atoms with Crippen LogP contribution in [0.3, 0.4) is 0 Å². The van der Waals surface area contributed by atoms with Crippen LogP contribution in [0.4, 0.5) is 11.5 Å². The van der Waals surface area contributed by atoms with E-state index in [1.54, 1.807) is 7.05 Å². The van der Waals surface area contributed by atoms with Gasteiger partial charge in [-0.2, -0.15) is 0 Å². The summed E-state index contributed by atoms with van der Waals surface area (Å²) in [5, 5.41) is 17.7. The van der Waals surface area contributed by atoms with Crippen molar-refractivity contribution in [2.24, 2.45) is 13.0 Å². The molecule has 1 fully saturated rings. The van der Waals surface area contributed by atoms with Gasteiger partial charge in [0.2, 0.25) is 0 Å². The molecule has 6 nitrogen and oxygen atoms in total. The van der Waals surface area contributed by atoms with Gasteiger partial charge in [0.1, 0.15) is 13.2 Å². The molecule has 0 bridgehead atoms. The quantitative estimate of drug-likeness (QED) is 0.581. The lowest BCUT2D eigenvalue weighted by atomic mass is 10.4. The Hall–Kier alpha value is -1.59. The highest BCUT2D eigenvalue weighted by Crippen LogP contribution is 2.35. The Balaban J connectivity index is 2.20. The van der Waals surface area contributed by atoms with E-state index in [2.05, 4.69) is 17.3 Å². The highest BCUT2D eigenvalue weighted by atomic mass is 16.6. The van der Waals surface area contributed by atoms with Gasteiger partial charge in [0.25, 0.3) is 0 Å². The van der Waals surface area contributed by atoms with E-state index in [-0.39, 0.29) is 5.82 Å². The van der Waals surface area contributed by atoms with Crippen molar-refractivity contribution in [1.29, 1.82) is 0 Å². The standard InChI is InChI=1S/C8H12N4O2/c1-5-3-6(5)10-7-4-9-11(2)8(7)12(13)14/h4-6,10H,3H2,1-2H3. The zero-order valence-corrected chi connectivity index (χ0v) is 8.10. The van der Waals surface area contributed by atoms with Gasteiger partial charge < -0.3 is 15.4 Å². The minimum Gasteiger partial charge on any atom is -0.374 e. The number of anilines is 1. The molecule has 0 amide bonds. The molecule has 0 spiro atoms. The number of nitro groups is 1. The van der Waals surface area contributed by atoms with Crippen LogP contribution in [0.25, 0.3) is 0 Å². The van der Waals surface area contributed by atoms with Crippen LogP contribution in [0, 0.1) is 16.0 Å². The first-order chi connectivity index (χ1) is 6.59. The summed E-state index contributed by atoms with van der Waals surface area (Å²) in [5.74, 6) is 0.638. The predicted molar refractivity (Wildman–Crippen MR) is 51.1 cm³/mol. The second-order valence-electron chi connectivity index (χ2n) is 3.73. The number of hydrogen-bond acceptors (Lipinski definition) is 4. The van der Waals surface area contributed by atoms with Gasteiger partial charge in [0, 0.05) is 6.04 Å². The Kier molecular flexibility index (Phi) is 1.90. The summed E-state index contributed by atoms with van der Waals surface area (Å²) in [6.45, 7) is 2.11. The van der Waals surface area contributed by atoms with Gasteiger partial charge in [-0.1, -0.05) is 12.0 Å². The fourth-order valence-corrected chi connectivity index (χ4v) is 1.47. The Morgan fingerprint density at radius 1 is 1.79 bits per heavy atom. The topological polar surface area (TPSA) is 73.0 Å². The maximum absolute atomic E-state index is 10.7. The molecule has 0 saturated heterocycles. The summed E-state index contributed by atoms with van der Waals surface area (Å²) >= 11 is 0. The molecule has 2 rings (SSSR count). The molecule has 0 aromatic carbocycles. The first kappa shape index (κ1) is 8.98. The van der Waals surface area contributed by atoms with Crippen LogP contribution in [0.2, 0.25) is 0 Å². The zero-order valence-electron chi connectivity index (χ0n) is 8.10. The van der Waals surface area contributed by atoms with Gasteiger partial charge in [0.05, 0.1) is 0 Å². The highest BCUT2D eigenvalue weighted by Gasteiger charge is 2.34. The van der Waals surface area contributed by atoms with Crippen LogP contribution in [-0.2, 0) is 7.05 Å².